The predicted octanol–water partition coefficient (Wildman–Crippen LogP) is 4.04. The molecule has 0 radical (unpaired) electrons. The molecule has 7 nitrogen and oxygen atoms in total. The summed E-state index contributed by atoms with van der Waals surface area (Å²) < 4.78 is 29.8. The van der Waals surface area contributed by atoms with Crippen LogP contribution in [-0.2, 0) is 19.6 Å². The lowest BCUT2D eigenvalue weighted by Crippen LogP contribution is -2.42. The molecule has 9 heteroatoms. The molecule has 2 fully saturated rings. The van der Waals surface area contributed by atoms with Crippen molar-refractivity contribution in [3.05, 3.63) is 60.7 Å². The van der Waals surface area contributed by atoms with Gasteiger partial charge in [0.1, 0.15) is 5.25 Å². The molecular weight excluding hydrogens is 446 g/mol. The molecule has 2 aromatic carbocycles. The summed E-state index contributed by atoms with van der Waals surface area (Å²) in [4.78, 5) is 27.4. The van der Waals surface area contributed by atoms with Crippen molar-refractivity contribution in [2.24, 2.45) is 4.40 Å². The van der Waals surface area contributed by atoms with Crippen LogP contribution in [-0.4, -0.2) is 41.6 Å². The standard InChI is InChI=1S/C23H25N3O4S2/c27-21(24-17-10-4-1-5-11-17)16-20-22(28)26(18-12-6-2-7-13-18)23(31-20)25-32(29,30)19-14-8-3-9-15-19/h1,3-5,8-11,14-15,18,20H,2,6-7,12-13,16H2,(H,24,27)/b25-23+. The van der Waals surface area contributed by atoms with Gasteiger partial charge >= 0.3 is 0 Å². The Balaban J connectivity index is 1.58. The van der Waals surface area contributed by atoms with Gasteiger partial charge in [-0.25, -0.2) is 0 Å². The van der Waals surface area contributed by atoms with Crippen molar-refractivity contribution in [2.75, 3.05) is 5.32 Å². The number of para-hydroxylation sites is 1. The number of amides is 2. The Bertz CT molecular complexity index is 1100. The number of amidine groups is 1. The summed E-state index contributed by atoms with van der Waals surface area (Å²) in [5.74, 6) is -0.537. The Hall–Kier alpha value is -2.65. The second-order valence-electron chi connectivity index (χ2n) is 7.89. The van der Waals surface area contributed by atoms with Crippen molar-refractivity contribution in [3.63, 3.8) is 0 Å². The lowest BCUT2D eigenvalue weighted by molar-refractivity contribution is -0.130. The molecule has 1 aliphatic carbocycles. The van der Waals surface area contributed by atoms with E-state index in [2.05, 4.69) is 9.71 Å². The molecule has 2 amide bonds. The fraction of sp³-hybridized carbons (Fsp3) is 0.348. The van der Waals surface area contributed by atoms with Crippen molar-refractivity contribution >= 4 is 44.5 Å². The average Bonchev–Trinajstić information content (AvgIpc) is 3.09. The van der Waals surface area contributed by atoms with E-state index in [4.69, 9.17) is 0 Å². The van der Waals surface area contributed by atoms with Crippen LogP contribution >= 0.6 is 11.8 Å². The number of sulfonamides is 1. The number of thioether (sulfide) groups is 1. The summed E-state index contributed by atoms with van der Waals surface area (Å²) in [6.45, 7) is 0. The molecule has 1 atom stereocenters. The molecular formula is C23H25N3O4S2. The smallest absolute Gasteiger partial charge is 0.284 e. The van der Waals surface area contributed by atoms with E-state index in [0.717, 1.165) is 43.9 Å². The van der Waals surface area contributed by atoms with Crippen LogP contribution < -0.4 is 5.32 Å². The Morgan fingerprint density at radius 3 is 2.28 bits per heavy atom. The molecule has 32 heavy (non-hydrogen) atoms. The summed E-state index contributed by atoms with van der Waals surface area (Å²) in [6, 6.07) is 16.9. The SMILES string of the molecule is O=C(CC1S/C(=N/S(=O)(=O)c2ccccc2)N(C2CCCCC2)C1=O)Nc1ccccc1. The van der Waals surface area contributed by atoms with Crippen LogP contribution in [0.25, 0.3) is 0 Å². The van der Waals surface area contributed by atoms with Crippen LogP contribution in [0, 0.1) is 0 Å². The second kappa shape index (κ2) is 9.87. The first kappa shape index (κ1) is 22.5. The fourth-order valence-electron chi connectivity index (χ4n) is 4.00. The normalized spacial score (nSPS) is 21.1. The Kier molecular flexibility index (Phi) is 6.95. The van der Waals surface area contributed by atoms with Crippen molar-refractivity contribution in [1.82, 2.24) is 4.90 Å². The zero-order chi connectivity index (χ0) is 22.6. The minimum atomic E-state index is -3.97. The van der Waals surface area contributed by atoms with Gasteiger partial charge in [-0.2, -0.15) is 8.42 Å². The lowest BCUT2D eigenvalue weighted by Gasteiger charge is -2.30. The van der Waals surface area contributed by atoms with Gasteiger partial charge in [-0.3, -0.25) is 14.5 Å². The van der Waals surface area contributed by atoms with E-state index in [-0.39, 0.29) is 34.3 Å². The minimum absolute atomic E-state index is 0.0496. The number of hydrogen-bond donors (Lipinski definition) is 1. The van der Waals surface area contributed by atoms with Gasteiger partial charge in [0.25, 0.3) is 10.0 Å². The van der Waals surface area contributed by atoms with Crippen LogP contribution in [0.1, 0.15) is 38.5 Å². The van der Waals surface area contributed by atoms with Gasteiger partial charge in [0.05, 0.1) is 4.90 Å². The molecule has 4 rings (SSSR count). The third-order valence-corrected chi connectivity index (χ3v) is 8.12. The van der Waals surface area contributed by atoms with E-state index in [1.165, 1.54) is 17.0 Å². The summed E-state index contributed by atoms with van der Waals surface area (Å²) in [5, 5.41) is 2.26. The van der Waals surface area contributed by atoms with Crippen molar-refractivity contribution < 1.29 is 18.0 Å². The molecule has 2 aliphatic rings. The maximum Gasteiger partial charge on any atom is 0.284 e. The van der Waals surface area contributed by atoms with Gasteiger partial charge in [-0.05, 0) is 37.1 Å². The van der Waals surface area contributed by atoms with Crippen LogP contribution in [0.15, 0.2) is 70.0 Å². The molecule has 1 unspecified atom stereocenters. The number of anilines is 1. The first-order valence-electron chi connectivity index (χ1n) is 10.7. The highest BCUT2D eigenvalue weighted by molar-refractivity contribution is 8.16. The quantitative estimate of drug-likeness (QED) is 0.686. The number of nitrogens with one attached hydrogen (secondary N) is 1. The predicted molar refractivity (Wildman–Crippen MR) is 126 cm³/mol. The lowest BCUT2D eigenvalue weighted by atomic mass is 9.94. The van der Waals surface area contributed by atoms with Crippen LogP contribution in [0.2, 0.25) is 0 Å². The molecule has 1 saturated heterocycles. The molecule has 1 saturated carbocycles. The highest BCUT2D eigenvalue weighted by Gasteiger charge is 2.43. The van der Waals surface area contributed by atoms with Crippen molar-refractivity contribution in [1.29, 1.82) is 0 Å². The summed E-state index contributed by atoms with van der Waals surface area (Å²) in [5.41, 5.74) is 0.651. The maximum absolute atomic E-state index is 13.3. The molecule has 1 N–H and O–H groups in total. The fourth-order valence-corrected chi connectivity index (χ4v) is 6.43. The number of hydrogen-bond acceptors (Lipinski definition) is 5. The maximum atomic E-state index is 13.3. The van der Waals surface area contributed by atoms with Crippen LogP contribution in [0.4, 0.5) is 5.69 Å². The third kappa shape index (κ3) is 5.21. The molecule has 1 aliphatic heterocycles. The molecule has 1 heterocycles. The zero-order valence-electron chi connectivity index (χ0n) is 17.5. The van der Waals surface area contributed by atoms with E-state index in [1.807, 2.05) is 18.2 Å². The molecule has 2 aromatic rings. The van der Waals surface area contributed by atoms with Gasteiger partial charge in [0.2, 0.25) is 11.8 Å². The van der Waals surface area contributed by atoms with Crippen molar-refractivity contribution in [2.45, 2.75) is 54.7 Å². The number of carbonyl (C=O) groups is 2. The van der Waals surface area contributed by atoms with Crippen molar-refractivity contribution in [3.8, 4) is 0 Å². The highest BCUT2D eigenvalue weighted by atomic mass is 32.2. The van der Waals surface area contributed by atoms with E-state index in [9.17, 15) is 18.0 Å². The van der Waals surface area contributed by atoms with E-state index >= 15 is 0 Å². The van der Waals surface area contributed by atoms with Gasteiger partial charge in [0, 0.05) is 18.2 Å². The minimum Gasteiger partial charge on any atom is -0.326 e. The first-order valence-corrected chi connectivity index (χ1v) is 13.0. The van der Waals surface area contributed by atoms with E-state index in [0.29, 0.717) is 5.69 Å². The van der Waals surface area contributed by atoms with Gasteiger partial charge in [0.15, 0.2) is 5.17 Å². The van der Waals surface area contributed by atoms with Crippen LogP contribution in [0.3, 0.4) is 0 Å². The van der Waals surface area contributed by atoms with E-state index < -0.39 is 15.3 Å². The van der Waals surface area contributed by atoms with Gasteiger partial charge in [-0.15, -0.1) is 4.40 Å². The average molecular weight is 472 g/mol. The summed E-state index contributed by atoms with van der Waals surface area (Å²) in [6.07, 6.45) is 4.63. The Morgan fingerprint density at radius 2 is 1.62 bits per heavy atom. The Labute approximate surface area is 192 Å². The van der Waals surface area contributed by atoms with E-state index in [1.54, 1.807) is 30.3 Å². The topological polar surface area (TPSA) is 95.9 Å². The number of rotatable bonds is 6. The number of carbonyl (C=O) groups excluding carboxylic acids is 2. The molecule has 0 spiro atoms. The molecule has 0 aromatic heterocycles. The largest absolute Gasteiger partial charge is 0.326 e. The number of nitrogens with zero attached hydrogens (tertiary/aromatic N) is 2. The zero-order valence-corrected chi connectivity index (χ0v) is 19.1. The monoisotopic (exact) mass is 471 g/mol. The molecule has 168 valence electrons. The first-order chi connectivity index (χ1) is 15.4. The highest BCUT2D eigenvalue weighted by Crippen LogP contribution is 2.36. The van der Waals surface area contributed by atoms with Gasteiger partial charge < -0.3 is 5.32 Å². The molecule has 0 bridgehead atoms. The Morgan fingerprint density at radius 1 is 1.00 bits per heavy atom. The van der Waals surface area contributed by atoms with Gasteiger partial charge in [-0.1, -0.05) is 67.4 Å². The second-order valence-corrected chi connectivity index (χ2v) is 10.7. The third-order valence-electron chi connectivity index (χ3n) is 5.57. The summed E-state index contributed by atoms with van der Waals surface area (Å²) in [7, 11) is -3.97. The van der Waals surface area contributed by atoms with Crippen LogP contribution in [0.5, 0.6) is 0 Å². The number of benzene rings is 2. The summed E-state index contributed by atoms with van der Waals surface area (Å²) >= 11 is 1.07.